The lowest BCUT2D eigenvalue weighted by Crippen LogP contribution is -2.04. The Bertz CT molecular complexity index is 915. The monoisotopic (exact) mass is 352 g/mol. The summed E-state index contributed by atoms with van der Waals surface area (Å²) in [4.78, 5) is 10.4. The van der Waals surface area contributed by atoms with Crippen molar-refractivity contribution in [3.05, 3.63) is 99.9 Å². The molecule has 3 rings (SSSR count). The molecule has 0 heterocycles. The predicted octanol–water partition coefficient (Wildman–Crippen LogP) is 4.93. The number of hydrogen-bond donors (Lipinski definition) is 1. The second-order valence-corrected chi connectivity index (χ2v) is 5.65. The molecule has 0 bridgehead atoms. The molecular weight excluding hydrogens is 335 g/mol. The van der Waals surface area contributed by atoms with E-state index in [1.807, 2.05) is 24.3 Å². The van der Waals surface area contributed by atoms with Gasteiger partial charge in [-0.3, -0.25) is 10.1 Å². The van der Waals surface area contributed by atoms with Crippen LogP contribution in [0.3, 0.4) is 0 Å². The van der Waals surface area contributed by atoms with E-state index in [9.17, 15) is 14.5 Å². The molecule has 0 unspecified atom stereocenters. The van der Waals surface area contributed by atoms with Crippen molar-refractivity contribution in [3.8, 4) is 5.75 Å². The number of non-ortho nitro benzene ring substituents is 1. The van der Waals surface area contributed by atoms with Crippen molar-refractivity contribution in [2.45, 2.75) is 13.2 Å². The number of hydrogen-bond acceptors (Lipinski definition) is 4. The van der Waals surface area contributed by atoms with Crippen molar-refractivity contribution in [2.75, 3.05) is 5.32 Å². The second-order valence-electron chi connectivity index (χ2n) is 5.65. The zero-order valence-electron chi connectivity index (χ0n) is 13.9. The molecule has 6 heteroatoms. The third-order valence-electron chi connectivity index (χ3n) is 3.85. The molecule has 5 nitrogen and oxygen atoms in total. The Balaban J connectivity index is 1.68. The van der Waals surface area contributed by atoms with Gasteiger partial charge in [-0.15, -0.1) is 0 Å². The van der Waals surface area contributed by atoms with Gasteiger partial charge in [-0.05, 0) is 18.2 Å². The van der Waals surface area contributed by atoms with Crippen LogP contribution in [-0.2, 0) is 13.2 Å². The van der Waals surface area contributed by atoms with E-state index >= 15 is 0 Å². The fourth-order valence-corrected chi connectivity index (χ4v) is 2.49. The van der Waals surface area contributed by atoms with Crippen molar-refractivity contribution in [1.82, 2.24) is 0 Å². The lowest BCUT2D eigenvalue weighted by molar-refractivity contribution is -0.384. The molecule has 132 valence electrons. The number of nitro benzene ring substituents is 1. The van der Waals surface area contributed by atoms with Gasteiger partial charge in [-0.25, -0.2) is 4.39 Å². The molecule has 0 spiro atoms. The van der Waals surface area contributed by atoms with Crippen LogP contribution in [0.5, 0.6) is 5.75 Å². The molecule has 26 heavy (non-hydrogen) atoms. The predicted molar refractivity (Wildman–Crippen MR) is 97.6 cm³/mol. The average Bonchev–Trinajstić information content (AvgIpc) is 2.66. The number of nitrogens with one attached hydrogen (secondary N) is 1. The van der Waals surface area contributed by atoms with Crippen LogP contribution in [-0.4, -0.2) is 4.92 Å². The first-order valence-corrected chi connectivity index (χ1v) is 8.06. The molecule has 1 N–H and O–H groups in total. The number of ether oxygens (including phenoxy) is 1. The molecule has 0 aromatic heterocycles. The molecule has 0 saturated carbocycles. The molecular formula is C20H17FN2O3. The normalized spacial score (nSPS) is 10.3. The van der Waals surface area contributed by atoms with Gasteiger partial charge in [0.25, 0.3) is 5.69 Å². The maximum absolute atomic E-state index is 13.7. The Morgan fingerprint density at radius 3 is 2.46 bits per heavy atom. The minimum atomic E-state index is -0.434. The van der Waals surface area contributed by atoms with E-state index in [-0.39, 0.29) is 18.1 Å². The first-order valence-electron chi connectivity index (χ1n) is 8.06. The van der Waals surface area contributed by atoms with Crippen LogP contribution in [0.15, 0.2) is 72.8 Å². The van der Waals surface area contributed by atoms with Crippen LogP contribution in [0.1, 0.15) is 11.1 Å². The summed E-state index contributed by atoms with van der Waals surface area (Å²) >= 11 is 0. The van der Waals surface area contributed by atoms with E-state index in [0.717, 1.165) is 5.56 Å². The van der Waals surface area contributed by atoms with Gasteiger partial charge < -0.3 is 10.1 Å². The molecule has 3 aromatic rings. The van der Waals surface area contributed by atoms with Crippen molar-refractivity contribution in [1.29, 1.82) is 0 Å². The Morgan fingerprint density at radius 2 is 1.69 bits per heavy atom. The van der Waals surface area contributed by atoms with Crippen molar-refractivity contribution < 1.29 is 14.1 Å². The summed E-state index contributed by atoms with van der Waals surface area (Å²) in [5.74, 6) is 0.327. The molecule has 0 saturated heterocycles. The van der Waals surface area contributed by atoms with Crippen LogP contribution < -0.4 is 10.1 Å². The number of nitrogens with zero attached hydrogens (tertiary/aromatic N) is 1. The third-order valence-corrected chi connectivity index (χ3v) is 3.85. The molecule has 0 fully saturated rings. The Morgan fingerprint density at radius 1 is 0.962 bits per heavy atom. The van der Waals surface area contributed by atoms with Crippen LogP contribution in [0.2, 0.25) is 0 Å². The smallest absolute Gasteiger partial charge is 0.271 e. The van der Waals surface area contributed by atoms with Crippen molar-refractivity contribution in [2.24, 2.45) is 0 Å². The van der Waals surface area contributed by atoms with E-state index in [2.05, 4.69) is 5.32 Å². The van der Waals surface area contributed by atoms with Crippen molar-refractivity contribution in [3.63, 3.8) is 0 Å². The summed E-state index contributed by atoms with van der Waals surface area (Å²) in [6.45, 7) is 0.551. The van der Waals surface area contributed by atoms with Crippen LogP contribution >= 0.6 is 0 Å². The van der Waals surface area contributed by atoms with Gasteiger partial charge in [-0.2, -0.15) is 0 Å². The number of halogens is 1. The zero-order chi connectivity index (χ0) is 18.4. The van der Waals surface area contributed by atoms with Gasteiger partial charge in [0, 0.05) is 35.5 Å². The minimum Gasteiger partial charge on any atom is -0.488 e. The highest BCUT2D eigenvalue weighted by Crippen LogP contribution is 2.23. The number of anilines is 1. The summed E-state index contributed by atoms with van der Waals surface area (Å²) in [5, 5.41) is 14.0. The summed E-state index contributed by atoms with van der Waals surface area (Å²) in [5.41, 5.74) is 2.02. The van der Waals surface area contributed by atoms with E-state index in [1.165, 1.54) is 18.2 Å². The summed E-state index contributed by atoms with van der Waals surface area (Å²) in [6, 6.07) is 20.2. The molecule has 3 aromatic carbocycles. The summed E-state index contributed by atoms with van der Waals surface area (Å²) in [6.07, 6.45) is 0. The first kappa shape index (κ1) is 17.4. The topological polar surface area (TPSA) is 64.4 Å². The molecule has 0 amide bonds. The van der Waals surface area contributed by atoms with Gasteiger partial charge >= 0.3 is 0 Å². The van der Waals surface area contributed by atoms with E-state index in [0.29, 0.717) is 23.5 Å². The quantitative estimate of drug-likeness (QED) is 0.484. The van der Waals surface area contributed by atoms with Crippen LogP contribution in [0, 0.1) is 15.9 Å². The number of para-hydroxylation sites is 1. The van der Waals surface area contributed by atoms with E-state index < -0.39 is 4.92 Å². The van der Waals surface area contributed by atoms with Gasteiger partial charge in [0.2, 0.25) is 0 Å². The van der Waals surface area contributed by atoms with Gasteiger partial charge in [0.1, 0.15) is 18.2 Å². The second kappa shape index (κ2) is 8.11. The fourth-order valence-electron chi connectivity index (χ4n) is 2.49. The Labute approximate surface area is 150 Å². The average molecular weight is 352 g/mol. The molecule has 0 aliphatic carbocycles. The molecule has 0 radical (unpaired) electrons. The molecule has 0 aliphatic rings. The molecule has 0 aliphatic heterocycles. The zero-order valence-corrected chi connectivity index (χ0v) is 13.9. The fraction of sp³-hybridized carbons (Fsp3) is 0.100. The minimum absolute atomic E-state index is 0.0269. The first-order chi connectivity index (χ1) is 12.6. The van der Waals surface area contributed by atoms with Crippen LogP contribution in [0.4, 0.5) is 15.8 Å². The number of nitro groups is 1. The van der Waals surface area contributed by atoms with Gasteiger partial charge in [-0.1, -0.05) is 42.5 Å². The SMILES string of the molecule is O=[N+]([O-])c1cccc(NCc2ccccc2OCc2ccccc2F)c1. The number of rotatable bonds is 7. The third kappa shape index (κ3) is 4.36. The maximum atomic E-state index is 13.7. The van der Waals surface area contributed by atoms with Gasteiger partial charge in [0.05, 0.1) is 4.92 Å². The van der Waals surface area contributed by atoms with E-state index in [1.54, 1.807) is 30.3 Å². The largest absolute Gasteiger partial charge is 0.488 e. The summed E-state index contributed by atoms with van der Waals surface area (Å²) < 4.78 is 19.5. The lowest BCUT2D eigenvalue weighted by atomic mass is 10.2. The van der Waals surface area contributed by atoms with Gasteiger partial charge in [0.15, 0.2) is 0 Å². The lowest BCUT2D eigenvalue weighted by Gasteiger charge is -2.13. The molecule has 0 atom stereocenters. The highest BCUT2D eigenvalue weighted by molar-refractivity contribution is 5.51. The summed E-state index contributed by atoms with van der Waals surface area (Å²) in [7, 11) is 0. The van der Waals surface area contributed by atoms with Crippen molar-refractivity contribution >= 4 is 11.4 Å². The highest BCUT2D eigenvalue weighted by Gasteiger charge is 2.08. The maximum Gasteiger partial charge on any atom is 0.271 e. The van der Waals surface area contributed by atoms with Crippen LogP contribution in [0.25, 0.3) is 0 Å². The Hall–Kier alpha value is -3.41. The Kier molecular flexibility index (Phi) is 5.43. The highest BCUT2D eigenvalue weighted by atomic mass is 19.1. The van der Waals surface area contributed by atoms with E-state index in [4.69, 9.17) is 4.74 Å². The number of benzene rings is 3. The standard InChI is InChI=1S/C20H17FN2O3/c21-19-10-3-1-7-16(19)14-26-20-11-4-2-6-15(20)13-22-17-8-5-9-18(12-17)23(24)25/h1-12,22H,13-14H2.